The lowest BCUT2D eigenvalue weighted by atomic mass is 10.2. The lowest BCUT2D eigenvalue weighted by Crippen LogP contribution is -2.42. The minimum absolute atomic E-state index is 0.121. The van der Waals surface area contributed by atoms with Crippen LogP contribution in [0.15, 0.2) is 30.3 Å². The van der Waals surface area contributed by atoms with Crippen LogP contribution in [0.2, 0.25) is 0 Å². The summed E-state index contributed by atoms with van der Waals surface area (Å²) in [6, 6.07) is 4.55. The van der Waals surface area contributed by atoms with Gasteiger partial charge in [0, 0.05) is 18.2 Å². The molecule has 9 heteroatoms. The van der Waals surface area contributed by atoms with Crippen molar-refractivity contribution in [2.24, 2.45) is 5.73 Å². The average molecular weight is 307 g/mol. The second kappa shape index (κ2) is 7.53. The van der Waals surface area contributed by atoms with E-state index in [0.717, 1.165) is 6.08 Å². The molecule has 0 spiro atoms. The van der Waals surface area contributed by atoms with E-state index in [9.17, 15) is 24.5 Å². The van der Waals surface area contributed by atoms with Crippen molar-refractivity contribution in [3.05, 3.63) is 46.0 Å². The van der Waals surface area contributed by atoms with Crippen molar-refractivity contribution >= 4 is 29.7 Å². The van der Waals surface area contributed by atoms with Gasteiger partial charge < -0.3 is 10.5 Å². The molecule has 1 rings (SSSR count). The van der Waals surface area contributed by atoms with E-state index in [1.165, 1.54) is 31.2 Å². The molecule has 9 nitrogen and oxygen atoms in total. The average Bonchev–Trinajstić information content (AvgIpc) is 2.44. The zero-order valence-corrected chi connectivity index (χ0v) is 11.5. The predicted octanol–water partition coefficient (Wildman–Crippen LogP) is 0.735. The molecule has 0 aliphatic heterocycles. The molecule has 22 heavy (non-hydrogen) atoms. The number of hydrogen-bond acceptors (Lipinski definition) is 6. The van der Waals surface area contributed by atoms with Crippen molar-refractivity contribution in [3.63, 3.8) is 0 Å². The van der Waals surface area contributed by atoms with Gasteiger partial charge in [-0.05, 0) is 18.6 Å². The Bertz CT molecular complexity index is 640. The molecular weight excluding hydrogens is 294 g/mol. The van der Waals surface area contributed by atoms with Gasteiger partial charge >= 0.3 is 12.0 Å². The van der Waals surface area contributed by atoms with E-state index in [4.69, 9.17) is 10.5 Å². The maximum atomic E-state index is 11.5. The molecule has 0 radical (unpaired) electrons. The summed E-state index contributed by atoms with van der Waals surface area (Å²) >= 11 is 0. The predicted molar refractivity (Wildman–Crippen MR) is 75.4 cm³/mol. The zero-order chi connectivity index (χ0) is 16.7. The summed E-state index contributed by atoms with van der Waals surface area (Å²) in [6.07, 6.45) is 1.09. The first-order chi connectivity index (χ1) is 10.3. The van der Waals surface area contributed by atoms with E-state index in [2.05, 4.69) is 0 Å². The molecule has 1 atom stereocenters. The molecule has 0 bridgehead atoms. The van der Waals surface area contributed by atoms with Crippen LogP contribution in [-0.2, 0) is 14.3 Å². The first-order valence-corrected chi connectivity index (χ1v) is 6.03. The van der Waals surface area contributed by atoms with Crippen molar-refractivity contribution < 1.29 is 24.0 Å². The number of primary amides is 1. The van der Waals surface area contributed by atoms with Gasteiger partial charge in [0.25, 0.3) is 11.6 Å². The SMILES string of the molecule is CC(OC(=O)/C=C/c1cccc([N+](=O)[O-])c1)C(=O)NC(N)=O. The largest absolute Gasteiger partial charge is 0.449 e. The highest BCUT2D eigenvalue weighted by atomic mass is 16.6. The Labute approximate surface area is 124 Å². The molecule has 1 unspecified atom stereocenters. The molecule has 0 aromatic heterocycles. The van der Waals surface area contributed by atoms with Crippen molar-refractivity contribution in [3.8, 4) is 0 Å². The smallest absolute Gasteiger partial charge is 0.331 e. The molecule has 0 aliphatic carbocycles. The summed E-state index contributed by atoms with van der Waals surface area (Å²) in [5.74, 6) is -1.71. The van der Waals surface area contributed by atoms with E-state index in [1.807, 2.05) is 0 Å². The summed E-state index contributed by atoms with van der Waals surface area (Å²) in [5.41, 5.74) is 5.05. The highest BCUT2D eigenvalue weighted by Crippen LogP contribution is 2.14. The zero-order valence-electron chi connectivity index (χ0n) is 11.5. The number of nitro benzene ring substituents is 1. The summed E-state index contributed by atoms with van der Waals surface area (Å²) < 4.78 is 4.73. The number of rotatable bonds is 5. The van der Waals surface area contributed by atoms with E-state index >= 15 is 0 Å². The highest BCUT2D eigenvalue weighted by molar-refractivity contribution is 5.97. The highest BCUT2D eigenvalue weighted by Gasteiger charge is 2.17. The van der Waals surface area contributed by atoms with Gasteiger partial charge in [-0.3, -0.25) is 20.2 Å². The van der Waals surface area contributed by atoms with Gasteiger partial charge in [-0.2, -0.15) is 0 Å². The molecule has 3 amide bonds. The number of urea groups is 1. The number of nitrogens with two attached hydrogens (primary N) is 1. The van der Waals surface area contributed by atoms with Crippen molar-refractivity contribution in [1.29, 1.82) is 0 Å². The minimum atomic E-state index is -1.21. The number of nitrogens with one attached hydrogen (secondary N) is 1. The molecule has 0 saturated heterocycles. The quantitative estimate of drug-likeness (QED) is 0.355. The van der Waals surface area contributed by atoms with Crippen LogP contribution >= 0.6 is 0 Å². The molecule has 1 aromatic rings. The van der Waals surface area contributed by atoms with Crippen molar-refractivity contribution in [2.45, 2.75) is 13.0 Å². The van der Waals surface area contributed by atoms with Gasteiger partial charge in [0.15, 0.2) is 6.10 Å². The van der Waals surface area contributed by atoms with E-state index in [1.54, 1.807) is 11.4 Å². The van der Waals surface area contributed by atoms with Crippen LogP contribution in [-0.4, -0.2) is 28.9 Å². The number of nitro groups is 1. The number of ether oxygens (including phenoxy) is 1. The summed E-state index contributed by atoms with van der Waals surface area (Å²) in [4.78, 5) is 43.3. The third-order valence-electron chi connectivity index (χ3n) is 2.40. The number of nitrogens with zero attached hydrogens (tertiary/aromatic N) is 1. The number of non-ortho nitro benzene ring substituents is 1. The van der Waals surface area contributed by atoms with Crippen LogP contribution < -0.4 is 11.1 Å². The first-order valence-electron chi connectivity index (χ1n) is 6.03. The summed E-state index contributed by atoms with van der Waals surface area (Å²) in [5, 5.41) is 12.4. The second-order valence-electron chi connectivity index (χ2n) is 4.12. The molecular formula is C13H13N3O6. The second-order valence-corrected chi connectivity index (χ2v) is 4.12. The monoisotopic (exact) mass is 307 g/mol. The maximum Gasteiger partial charge on any atom is 0.331 e. The van der Waals surface area contributed by atoms with E-state index in [-0.39, 0.29) is 5.69 Å². The molecule has 116 valence electrons. The third kappa shape index (κ3) is 5.41. The first kappa shape index (κ1) is 16.8. The Morgan fingerprint density at radius 2 is 2.09 bits per heavy atom. The fourth-order valence-electron chi connectivity index (χ4n) is 1.40. The van der Waals surface area contributed by atoms with E-state index in [0.29, 0.717) is 5.56 Å². The normalized spacial score (nSPS) is 11.7. The maximum absolute atomic E-state index is 11.5. The van der Waals surface area contributed by atoms with Gasteiger partial charge in [0.2, 0.25) is 0 Å². The standard InChI is InChI=1S/C13H13N3O6/c1-8(12(18)15-13(14)19)22-11(17)6-5-9-3-2-4-10(7-9)16(20)21/h2-8H,1H3,(H3,14,15,18,19)/b6-5+. The lowest BCUT2D eigenvalue weighted by molar-refractivity contribution is -0.384. The summed E-state index contributed by atoms with van der Waals surface area (Å²) in [6.45, 7) is 1.26. The van der Waals surface area contributed by atoms with E-state index < -0.39 is 28.9 Å². The fourth-order valence-corrected chi connectivity index (χ4v) is 1.40. The third-order valence-corrected chi connectivity index (χ3v) is 2.40. The Kier molecular flexibility index (Phi) is 5.75. The fraction of sp³-hybridized carbons (Fsp3) is 0.154. The Morgan fingerprint density at radius 3 is 2.68 bits per heavy atom. The van der Waals surface area contributed by atoms with Gasteiger partial charge in [-0.1, -0.05) is 12.1 Å². The van der Waals surface area contributed by atoms with Crippen LogP contribution in [0.1, 0.15) is 12.5 Å². The molecule has 3 N–H and O–H groups in total. The topological polar surface area (TPSA) is 142 Å². The molecule has 1 aromatic carbocycles. The van der Waals surface area contributed by atoms with Gasteiger partial charge in [0.05, 0.1) is 4.92 Å². The number of esters is 1. The van der Waals surface area contributed by atoms with Gasteiger partial charge in [0.1, 0.15) is 0 Å². The Balaban J connectivity index is 2.64. The van der Waals surface area contributed by atoms with Gasteiger partial charge in [-0.15, -0.1) is 0 Å². The number of amides is 3. The van der Waals surface area contributed by atoms with Crippen LogP contribution in [0.4, 0.5) is 10.5 Å². The number of hydrogen-bond donors (Lipinski definition) is 2. The Morgan fingerprint density at radius 1 is 1.41 bits per heavy atom. The lowest BCUT2D eigenvalue weighted by Gasteiger charge is -2.09. The molecule has 0 fully saturated rings. The van der Waals surface area contributed by atoms with Crippen LogP contribution in [0.3, 0.4) is 0 Å². The molecule has 0 saturated carbocycles. The number of carbonyl (C=O) groups excluding carboxylic acids is 3. The van der Waals surface area contributed by atoms with Crippen LogP contribution in [0.5, 0.6) is 0 Å². The number of benzene rings is 1. The van der Waals surface area contributed by atoms with Crippen LogP contribution in [0.25, 0.3) is 6.08 Å². The molecule has 0 aliphatic rings. The molecule has 0 heterocycles. The summed E-state index contributed by atoms with van der Waals surface area (Å²) in [7, 11) is 0. The van der Waals surface area contributed by atoms with Crippen molar-refractivity contribution in [1.82, 2.24) is 5.32 Å². The Hall–Kier alpha value is -3.23. The van der Waals surface area contributed by atoms with Gasteiger partial charge in [-0.25, -0.2) is 9.59 Å². The van der Waals surface area contributed by atoms with Crippen LogP contribution in [0, 0.1) is 10.1 Å². The minimum Gasteiger partial charge on any atom is -0.449 e. The van der Waals surface area contributed by atoms with Crippen molar-refractivity contribution in [2.75, 3.05) is 0 Å². The number of carbonyl (C=O) groups is 3. The number of imide groups is 1.